The van der Waals surface area contributed by atoms with E-state index in [-0.39, 0.29) is 24.6 Å². The minimum atomic E-state index is -0.899. The molecule has 0 N–H and O–H groups in total. The molecular weight excluding hydrogens is 402 g/mol. The lowest BCUT2D eigenvalue weighted by molar-refractivity contribution is -0.144. The van der Waals surface area contributed by atoms with Crippen LogP contribution in [0.5, 0.6) is 0 Å². The molecule has 2 bridgehead atoms. The van der Waals surface area contributed by atoms with Gasteiger partial charge in [-0.15, -0.1) is 0 Å². The smallest absolute Gasteiger partial charge is 0.248 e. The number of amides is 1. The first-order valence-electron chi connectivity index (χ1n) is 10.5. The van der Waals surface area contributed by atoms with Crippen molar-refractivity contribution in [2.24, 2.45) is 0 Å². The van der Waals surface area contributed by atoms with Crippen LogP contribution in [0.1, 0.15) is 36.8 Å². The SMILES string of the molecule is N#Cc1ccc(N2CC3CC[C@@H]2CN3C(=O)COC2(c3ccc(F)c(F)c3)CC2)nc1. The van der Waals surface area contributed by atoms with Gasteiger partial charge in [-0.05, 0) is 55.5 Å². The number of rotatable bonds is 5. The minimum Gasteiger partial charge on any atom is -0.360 e. The van der Waals surface area contributed by atoms with Crippen LogP contribution in [-0.2, 0) is 15.1 Å². The molecule has 1 unspecified atom stereocenters. The van der Waals surface area contributed by atoms with Crippen molar-refractivity contribution in [1.82, 2.24) is 9.88 Å². The Bertz CT molecular complexity index is 1050. The highest BCUT2D eigenvalue weighted by Gasteiger charge is 2.48. The molecule has 6 rings (SSSR count). The van der Waals surface area contributed by atoms with E-state index in [0.717, 1.165) is 30.8 Å². The standard InChI is InChI=1S/C23H22F2N4O2/c24-19-5-2-16(9-20(19)25)23(7-8-23)31-14-22(30)29-13-17-3-4-18(29)12-28(17)21-6-1-15(10-26)11-27-21/h1-2,5-6,9,11,17-18H,3-4,7-8,12-14H2/t17-,18?/m1/s1. The third kappa shape index (κ3) is 3.63. The first-order valence-corrected chi connectivity index (χ1v) is 10.5. The molecule has 1 aliphatic carbocycles. The van der Waals surface area contributed by atoms with Crippen molar-refractivity contribution in [3.05, 3.63) is 59.3 Å². The molecule has 0 spiro atoms. The highest BCUT2D eigenvalue weighted by Crippen LogP contribution is 2.49. The molecule has 4 heterocycles. The molecule has 4 aliphatic rings. The van der Waals surface area contributed by atoms with Crippen molar-refractivity contribution < 1.29 is 18.3 Å². The van der Waals surface area contributed by atoms with Crippen LogP contribution in [0.15, 0.2) is 36.5 Å². The van der Waals surface area contributed by atoms with E-state index in [4.69, 9.17) is 10.00 Å². The van der Waals surface area contributed by atoms with Crippen LogP contribution in [0.2, 0.25) is 0 Å². The van der Waals surface area contributed by atoms with Gasteiger partial charge in [-0.1, -0.05) is 6.07 Å². The van der Waals surface area contributed by atoms with Gasteiger partial charge >= 0.3 is 0 Å². The molecule has 1 amide bonds. The van der Waals surface area contributed by atoms with Crippen molar-refractivity contribution in [2.45, 2.75) is 43.4 Å². The molecule has 6 nitrogen and oxygen atoms in total. The number of piperazine rings is 1. The van der Waals surface area contributed by atoms with Gasteiger partial charge in [-0.2, -0.15) is 5.26 Å². The highest BCUT2D eigenvalue weighted by molar-refractivity contribution is 5.78. The molecule has 0 radical (unpaired) electrons. The van der Waals surface area contributed by atoms with Gasteiger partial charge in [-0.3, -0.25) is 4.79 Å². The third-order valence-electron chi connectivity index (χ3n) is 6.64. The Morgan fingerprint density at radius 1 is 1.16 bits per heavy atom. The molecule has 2 atom stereocenters. The second-order valence-electron chi connectivity index (χ2n) is 8.51. The summed E-state index contributed by atoms with van der Waals surface area (Å²) in [5.41, 5.74) is 0.421. The zero-order chi connectivity index (χ0) is 21.6. The average molecular weight is 424 g/mol. The summed E-state index contributed by atoms with van der Waals surface area (Å²) < 4.78 is 32.8. The number of carbonyl (C=O) groups is 1. The summed E-state index contributed by atoms with van der Waals surface area (Å²) in [6.45, 7) is 1.23. The molecule has 1 saturated carbocycles. The van der Waals surface area contributed by atoms with E-state index in [9.17, 15) is 13.6 Å². The molecule has 8 heteroatoms. The van der Waals surface area contributed by atoms with Crippen LogP contribution in [0.25, 0.3) is 0 Å². The Morgan fingerprint density at radius 2 is 1.97 bits per heavy atom. The van der Waals surface area contributed by atoms with E-state index in [2.05, 4.69) is 16.0 Å². The number of nitriles is 1. The Balaban J connectivity index is 1.22. The quantitative estimate of drug-likeness (QED) is 0.738. The fourth-order valence-electron chi connectivity index (χ4n) is 4.73. The van der Waals surface area contributed by atoms with E-state index >= 15 is 0 Å². The molecular formula is C23H22F2N4O2. The van der Waals surface area contributed by atoms with Crippen molar-refractivity contribution in [2.75, 3.05) is 24.6 Å². The summed E-state index contributed by atoms with van der Waals surface area (Å²) in [5, 5.41) is 8.96. The lowest BCUT2D eigenvalue weighted by Crippen LogP contribution is -2.64. The number of benzene rings is 1. The molecule has 1 aromatic heterocycles. The topological polar surface area (TPSA) is 69.5 Å². The van der Waals surface area contributed by atoms with Crippen molar-refractivity contribution in [3.8, 4) is 6.07 Å². The number of ether oxygens (including phenoxy) is 1. The summed E-state index contributed by atoms with van der Waals surface area (Å²) in [5.74, 6) is -1.03. The number of halogens is 2. The lowest BCUT2D eigenvalue weighted by Gasteiger charge is -2.52. The molecule has 160 valence electrons. The maximum absolute atomic E-state index is 13.6. The first-order chi connectivity index (χ1) is 15.0. The molecule has 3 saturated heterocycles. The van der Waals surface area contributed by atoms with Gasteiger partial charge in [0.2, 0.25) is 5.91 Å². The van der Waals surface area contributed by atoms with Gasteiger partial charge in [0.15, 0.2) is 11.6 Å². The number of carbonyl (C=O) groups excluding carboxylic acids is 1. The number of nitrogens with zero attached hydrogens (tertiary/aromatic N) is 4. The van der Waals surface area contributed by atoms with E-state index in [1.165, 1.54) is 6.07 Å². The maximum atomic E-state index is 13.6. The summed E-state index contributed by atoms with van der Waals surface area (Å²) in [7, 11) is 0. The fourth-order valence-corrected chi connectivity index (χ4v) is 4.73. The Labute approximate surface area is 179 Å². The Hall–Kier alpha value is -3.05. The third-order valence-corrected chi connectivity index (χ3v) is 6.64. The number of piperidine rings is 2. The number of hydrogen-bond acceptors (Lipinski definition) is 5. The first kappa shape index (κ1) is 19.9. The van der Waals surface area contributed by atoms with Crippen LogP contribution >= 0.6 is 0 Å². The van der Waals surface area contributed by atoms with E-state index in [1.54, 1.807) is 12.3 Å². The second kappa shape index (κ2) is 7.57. The maximum Gasteiger partial charge on any atom is 0.248 e. The summed E-state index contributed by atoms with van der Waals surface area (Å²) >= 11 is 0. The highest BCUT2D eigenvalue weighted by atomic mass is 19.2. The minimum absolute atomic E-state index is 0.0721. The normalized spacial score (nSPS) is 23.5. The predicted octanol–water partition coefficient (Wildman–Crippen LogP) is 3.12. The summed E-state index contributed by atoms with van der Waals surface area (Å²) in [4.78, 5) is 21.4. The predicted molar refractivity (Wildman–Crippen MR) is 108 cm³/mol. The number of anilines is 1. The van der Waals surface area contributed by atoms with Crippen LogP contribution in [0.3, 0.4) is 0 Å². The van der Waals surface area contributed by atoms with Gasteiger partial charge in [0.25, 0.3) is 0 Å². The van der Waals surface area contributed by atoms with Gasteiger partial charge in [0.05, 0.1) is 11.2 Å². The van der Waals surface area contributed by atoms with Gasteiger partial charge in [0, 0.05) is 31.4 Å². The number of hydrogen-bond donors (Lipinski definition) is 0. The molecule has 1 aromatic carbocycles. The number of aromatic nitrogens is 1. The second-order valence-corrected chi connectivity index (χ2v) is 8.51. The fraction of sp³-hybridized carbons (Fsp3) is 0.435. The number of pyridine rings is 1. The van der Waals surface area contributed by atoms with E-state index in [1.807, 2.05) is 11.0 Å². The van der Waals surface area contributed by atoms with Crippen LogP contribution in [0.4, 0.5) is 14.6 Å². The molecule has 2 aromatic rings. The van der Waals surface area contributed by atoms with Gasteiger partial charge in [-0.25, -0.2) is 13.8 Å². The van der Waals surface area contributed by atoms with Crippen LogP contribution in [0, 0.1) is 23.0 Å². The van der Waals surface area contributed by atoms with Crippen LogP contribution < -0.4 is 4.90 Å². The Morgan fingerprint density at radius 3 is 2.58 bits per heavy atom. The molecule has 3 aliphatic heterocycles. The van der Waals surface area contributed by atoms with Gasteiger partial charge < -0.3 is 14.5 Å². The van der Waals surface area contributed by atoms with Crippen molar-refractivity contribution in [1.29, 1.82) is 5.26 Å². The number of fused-ring (bicyclic) bond motifs is 3. The zero-order valence-corrected chi connectivity index (χ0v) is 16.9. The van der Waals surface area contributed by atoms with E-state index < -0.39 is 17.2 Å². The van der Waals surface area contributed by atoms with Crippen molar-refractivity contribution >= 4 is 11.7 Å². The average Bonchev–Trinajstić information content (AvgIpc) is 3.60. The summed E-state index contributed by atoms with van der Waals surface area (Å²) in [6, 6.07) is 9.74. The monoisotopic (exact) mass is 424 g/mol. The largest absolute Gasteiger partial charge is 0.360 e. The zero-order valence-electron chi connectivity index (χ0n) is 16.9. The van der Waals surface area contributed by atoms with E-state index in [0.29, 0.717) is 37.1 Å². The Kier molecular flexibility index (Phi) is 4.86. The summed E-state index contributed by atoms with van der Waals surface area (Å²) in [6.07, 6.45) is 4.86. The van der Waals surface area contributed by atoms with Crippen LogP contribution in [-0.4, -0.2) is 47.6 Å². The van der Waals surface area contributed by atoms with Crippen molar-refractivity contribution in [3.63, 3.8) is 0 Å². The lowest BCUT2D eigenvalue weighted by atomic mass is 9.90. The van der Waals surface area contributed by atoms with Gasteiger partial charge in [0.1, 0.15) is 18.5 Å². The molecule has 4 fully saturated rings. The molecule has 31 heavy (non-hydrogen) atoms.